The SMILES string of the molecule is CCNC(=NCc1nc(C)c(C)s1)NCCCCN1CCN(Cc2ccccc2)CC1. The zero-order valence-corrected chi connectivity index (χ0v) is 20.2. The molecule has 2 heterocycles. The van der Waals surface area contributed by atoms with Crippen LogP contribution in [-0.4, -0.2) is 66.6 Å². The second kappa shape index (κ2) is 12.8. The number of aromatic nitrogens is 1. The second-order valence-electron chi connectivity index (χ2n) is 8.18. The van der Waals surface area contributed by atoms with Crippen LogP contribution in [0.4, 0.5) is 0 Å². The maximum Gasteiger partial charge on any atom is 0.191 e. The fraction of sp³-hybridized carbons (Fsp3) is 0.583. The lowest BCUT2D eigenvalue weighted by atomic mass is 10.2. The van der Waals surface area contributed by atoms with Gasteiger partial charge in [-0.05, 0) is 45.7 Å². The summed E-state index contributed by atoms with van der Waals surface area (Å²) in [7, 11) is 0. The van der Waals surface area contributed by atoms with E-state index >= 15 is 0 Å². The number of piperazine rings is 1. The Kier molecular flexibility index (Phi) is 9.78. The van der Waals surface area contributed by atoms with Gasteiger partial charge in [-0.1, -0.05) is 30.3 Å². The van der Waals surface area contributed by atoms with Crippen LogP contribution in [0, 0.1) is 13.8 Å². The molecule has 2 aromatic rings. The Balaban J connectivity index is 1.29. The van der Waals surface area contributed by atoms with Crippen molar-refractivity contribution >= 4 is 17.3 Å². The van der Waals surface area contributed by atoms with E-state index in [0.717, 1.165) is 42.7 Å². The topological polar surface area (TPSA) is 55.8 Å². The molecule has 0 atom stereocenters. The van der Waals surface area contributed by atoms with Crippen molar-refractivity contribution in [3.05, 3.63) is 51.5 Å². The summed E-state index contributed by atoms with van der Waals surface area (Å²) in [6, 6.07) is 10.8. The highest BCUT2D eigenvalue weighted by molar-refractivity contribution is 7.11. The van der Waals surface area contributed by atoms with Crippen LogP contribution < -0.4 is 10.6 Å². The summed E-state index contributed by atoms with van der Waals surface area (Å²) < 4.78 is 0. The lowest BCUT2D eigenvalue weighted by Crippen LogP contribution is -2.46. The molecule has 1 aromatic heterocycles. The summed E-state index contributed by atoms with van der Waals surface area (Å²) in [5.41, 5.74) is 2.54. The van der Waals surface area contributed by atoms with Gasteiger partial charge in [0, 0.05) is 50.7 Å². The highest BCUT2D eigenvalue weighted by Crippen LogP contribution is 2.17. The van der Waals surface area contributed by atoms with E-state index < -0.39 is 0 Å². The molecule has 1 saturated heterocycles. The third-order valence-corrected chi connectivity index (χ3v) is 6.75. The lowest BCUT2D eigenvalue weighted by molar-refractivity contribution is 0.126. The third kappa shape index (κ3) is 8.24. The molecular formula is C24H38N6S. The molecule has 1 aliphatic heterocycles. The Hall–Kier alpha value is -1.96. The number of benzene rings is 1. The van der Waals surface area contributed by atoms with Crippen LogP contribution in [-0.2, 0) is 13.1 Å². The summed E-state index contributed by atoms with van der Waals surface area (Å²) >= 11 is 1.74. The molecule has 1 fully saturated rings. The van der Waals surface area contributed by atoms with Gasteiger partial charge in [0.25, 0.3) is 0 Å². The van der Waals surface area contributed by atoms with E-state index in [-0.39, 0.29) is 0 Å². The van der Waals surface area contributed by atoms with E-state index in [1.54, 1.807) is 11.3 Å². The summed E-state index contributed by atoms with van der Waals surface area (Å²) in [5, 5.41) is 7.89. The van der Waals surface area contributed by atoms with Gasteiger partial charge in [0.05, 0.1) is 12.2 Å². The summed E-state index contributed by atoms with van der Waals surface area (Å²) in [6.07, 6.45) is 2.38. The minimum absolute atomic E-state index is 0.641. The first-order valence-corrected chi connectivity index (χ1v) is 12.4. The van der Waals surface area contributed by atoms with Gasteiger partial charge in [0.1, 0.15) is 5.01 Å². The molecule has 31 heavy (non-hydrogen) atoms. The number of nitrogens with zero attached hydrogens (tertiary/aromatic N) is 4. The van der Waals surface area contributed by atoms with E-state index in [0.29, 0.717) is 6.54 Å². The molecular weight excluding hydrogens is 404 g/mol. The fourth-order valence-corrected chi connectivity index (χ4v) is 4.63. The number of guanidine groups is 1. The Morgan fingerprint density at radius 1 is 1.03 bits per heavy atom. The molecule has 0 saturated carbocycles. The fourth-order valence-electron chi connectivity index (χ4n) is 3.78. The van der Waals surface area contributed by atoms with E-state index in [4.69, 9.17) is 4.99 Å². The van der Waals surface area contributed by atoms with Crippen molar-refractivity contribution in [3.63, 3.8) is 0 Å². The molecule has 3 rings (SSSR count). The molecule has 0 radical (unpaired) electrons. The molecule has 0 bridgehead atoms. The number of aryl methyl sites for hydroxylation is 2. The Bertz CT molecular complexity index is 776. The van der Waals surface area contributed by atoms with Gasteiger partial charge in [-0.15, -0.1) is 11.3 Å². The van der Waals surface area contributed by atoms with Gasteiger partial charge in [-0.3, -0.25) is 4.90 Å². The first-order valence-electron chi connectivity index (χ1n) is 11.6. The number of thiazole rings is 1. The van der Waals surface area contributed by atoms with Crippen molar-refractivity contribution in [1.82, 2.24) is 25.4 Å². The van der Waals surface area contributed by atoms with Crippen LogP contribution in [0.2, 0.25) is 0 Å². The maximum atomic E-state index is 4.69. The van der Waals surface area contributed by atoms with Crippen molar-refractivity contribution in [2.24, 2.45) is 4.99 Å². The largest absolute Gasteiger partial charge is 0.357 e. The molecule has 7 heteroatoms. The number of aliphatic imine (C=N–C) groups is 1. The van der Waals surface area contributed by atoms with Crippen LogP contribution in [0.25, 0.3) is 0 Å². The lowest BCUT2D eigenvalue weighted by Gasteiger charge is -2.34. The average Bonchev–Trinajstić information content (AvgIpc) is 3.11. The standard InChI is InChI=1S/C24H38N6S/c1-4-25-24(27-18-23-28-20(2)21(3)31-23)26-12-8-9-13-29-14-16-30(17-15-29)19-22-10-6-5-7-11-22/h5-7,10-11H,4,8-9,12-19H2,1-3H3,(H2,25,26,27). The predicted molar refractivity (Wildman–Crippen MR) is 132 cm³/mol. The van der Waals surface area contributed by atoms with Crippen LogP contribution in [0.1, 0.15) is 40.9 Å². The van der Waals surface area contributed by atoms with Gasteiger partial charge in [0.2, 0.25) is 0 Å². The molecule has 0 spiro atoms. The molecule has 0 amide bonds. The molecule has 6 nitrogen and oxygen atoms in total. The first kappa shape index (κ1) is 23.7. The van der Waals surface area contributed by atoms with E-state index in [1.165, 1.54) is 49.6 Å². The minimum Gasteiger partial charge on any atom is -0.357 e. The smallest absolute Gasteiger partial charge is 0.191 e. The molecule has 0 unspecified atom stereocenters. The Morgan fingerprint density at radius 3 is 2.45 bits per heavy atom. The zero-order valence-electron chi connectivity index (χ0n) is 19.4. The van der Waals surface area contributed by atoms with Crippen LogP contribution in [0.15, 0.2) is 35.3 Å². The summed E-state index contributed by atoms with van der Waals surface area (Å²) in [6.45, 7) is 15.7. The van der Waals surface area contributed by atoms with Crippen LogP contribution in [0.3, 0.4) is 0 Å². The maximum absolute atomic E-state index is 4.69. The summed E-state index contributed by atoms with van der Waals surface area (Å²) in [4.78, 5) is 15.7. The Labute approximate surface area is 191 Å². The predicted octanol–water partition coefficient (Wildman–Crippen LogP) is 3.41. The van der Waals surface area contributed by atoms with Crippen LogP contribution >= 0.6 is 11.3 Å². The number of hydrogen-bond acceptors (Lipinski definition) is 5. The molecule has 1 aromatic carbocycles. The summed E-state index contributed by atoms with van der Waals surface area (Å²) in [5.74, 6) is 0.891. The molecule has 1 aliphatic rings. The van der Waals surface area contributed by atoms with Gasteiger partial charge >= 0.3 is 0 Å². The average molecular weight is 443 g/mol. The molecule has 170 valence electrons. The van der Waals surface area contributed by atoms with Gasteiger partial charge in [0.15, 0.2) is 5.96 Å². The monoisotopic (exact) mass is 442 g/mol. The number of nitrogens with one attached hydrogen (secondary N) is 2. The highest BCUT2D eigenvalue weighted by atomic mass is 32.1. The molecule has 2 N–H and O–H groups in total. The second-order valence-corrected chi connectivity index (χ2v) is 9.47. The van der Waals surface area contributed by atoms with Crippen LogP contribution in [0.5, 0.6) is 0 Å². The van der Waals surface area contributed by atoms with E-state index in [9.17, 15) is 0 Å². The van der Waals surface area contributed by atoms with Crippen molar-refractivity contribution in [1.29, 1.82) is 0 Å². The highest BCUT2D eigenvalue weighted by Gasteiger charge is 2.16. The van der Waals surface area contributed by atoms with Gasteiger partial charge < -0.3 is 15.5 Å². The van der Waals surface area contributed by atoms with E-state index in [2.05, 4.69) is 76.5 Å². The molecule has 0 aliphatic carbocycles. The Morgan fingerprint density at radius 2 is 1.77 bits per heavy atom. The number of rotatable bonds is 10. The van der Waals surface area contributed by atoms with Gasteiger partial charge in [-0.2, -0.15) is 0 Å². The van der Waals surface area contributed by atoms with Crippen molar-refractivity contribution in [2.45, 2.75) is 46.7 Å². The van der Waals surface area contributed by atoms with Crippen molar-refractivity contribution in [3.8, 4) is 0 Å². The first-order chi connectivity index (χ1) is 15.1. The van der Waals surface area contributed by atoms with Crippen molar-refractivity contribution < 1.29 is 0 Å². The normalized spacial score (nSPS) is 15.9. The minimum atomic E-state index is 0.641. The third-order valence-electron chi connectivity index (χ3n) is 5.70. The van der Waals surface area contributed by atoms with Crippen molar-refractivity contribution in [2.75, 3.05) is 45.8 Å². The van der Waals surface area contributed by atoms with E-state index in [1.807, 2.05) is 0 Å². The quantitative estimate of drug-likeness (QED) is 0.335. The van der Waals surface area contributed by atoms with Gasteiger partial charge in [-0.25, -0.2) is 9.98 Å². The number of unbranched alkanes of at least 4 members (excludes halogenated alkanes) is 1. The zero-order chi connectivity index (χ0) is 21.9. The number of hydrogen-bond donors (Lipinski definition) is 2.